The van der Waals surface area contributed by atoms with Crippen molar-refractivity contribution in [3.63, 3.8) is 0 Å². The van der Waals surface area contributed by atoms with Gasteiger partial charge in [0.1, 0.15) is 5.60 Å². The van der Waals surface area contributed by atoms with Crippen molar-refractivity contribution < 1.29 is 9.53 Å². The normalized spacial score (nSPS) is 15.0. The molecule has 6 heteroatoms. The fourth-order valence-corrected chi connectivity index (χ4v) is 2.14. The molecule has 0 spiro atoms. The van der Waals surface area contributed by atoms with Gasteiger partial charge in [-0.05, 0) is 26.8 Å². The summed E-state index contributed by atoms with van der Waals surface area (Å²) >= 11 is 0. The first kappa shape index (κ1) is 18.1. The summed E-state index contributed by atoms with van der Waals surface area (Å²) < 4.78 is 5.38. The van der Waals surface area contributed by atoms with E-state index in [1.807, 2.05) is 40.7 Å². The summed E-state index contributed by atoms with van der Waals surface area (Å²) in [5.74, 6) is 0. The molecule has 0 aliphatic carbocycles. The highest BCUT2D eigenvalue weighted by Gasteiger charge is 2.26. The van der Waals surface area contributed by atoms with Crippen LogP contribution >= 0.6 is 0 Å². The second-order valence-corrected chi connectivity index (χ2v) is 5.89. The van der Waals surface area contributed by atoms with Crippen molar-refractivity contribution in [3.05, 3.63) is 18.5 Å². The lowest BCUT2D eigenvalue weighted by Crippen LogP contribution is -2.50. The van der Waals surface area contributed by atoms with E-state index in [1.165, 1.54) is 0 Å². The number of carbonyl (C=O) groups is 1. The van der Waals surface area contributed by atoms with Gasteiger partial charge in [0.05, 0.1) is 17.6 Å². The van der Waals surface area contributed by atoms with Crippen LogP contribution in [-0.4, -0.2) is 47.8 Å². The molecule has 22 heavy (non-hydrogen) atoms. The third-order valence-corrected chi connectivity index (χ3v) is 3.10. The smallest absolute Gasteiger partial charge is 0.410 e. The lowest BCUT2D eigenvalue weighted by atomic mass is 10.2. The Balaban J connectivity index is 0.00000116. The minimum absolute atomic E-state index is 0.250. The highest BCUT2D eigenvalue weighted by atomic mass is 16.6. The number of nitrogens with zero attached hydrogens (tertiary/aromatic N) is 3. The first-order valence-corrected chi connectivity index (χ1v) is 7.79. The standard InChI is InChI=1S/C14H22N4O2.C2H6/c1-14(2,3)20-13(19)18-8-6-17(7-9-18)12-4-5-16-10-11(12)15;1-2/h4-5,10H,6-9,15H2,1-3H3;1-2H3. The first-order chi connectivity index (χ1) is 10.4. The molecule has 0 bridgehead atoms. The minimum Gasteiger partial charge on any atom is -0.444 e. The molecule has 2 rings (SSSR count). The van der Waals surface area contributed by atoms with E-state index in [0.717, 1.165) is 18.8 Å². The molecule has 1 amide bonds. The molecule has 1 aromatic heterocycles. The number of rotatable bonds is 1. The molecular weight excluding hydrogens is 280 g/mol. The topological polar surface area (TPSA) is 71.7 Å². The van der Waals surface area contributed by atoms with Gasteiger partial charge in [-0.3, -0.25) is 4.98 Å². The molecule has 2 heterocycles. The SMILES string of the molecule is CC.CC(C)(C)OC(=O)N1CCN(c2ccncc2N)CC1. The molecule has 1 aromatic rings. The number of ether oxygens (including phenoxy) is 1. The van der Waals surface area contributed by atoms with Crippen molar-refractivity contribution in [3.8, 4) is 0 Å². The zero-order valence-electron chi connectivity index (χ0n) is 14.3. The number of nitrogen functional groups attached to an aromatic ring is 1. The summed E-state index contributed by atoms with van der Waals surface area (Å²) in [7, 11) is 0. The summed E-state index contributed by atoms with van der Waals surface area (Å²) in [4.78, 5) is 19.9. The summed E-state index contributed by atoms with van der Waals surface area (Å²) in [6.45, 7) is 12.4. The van der Waals surface area contributed by atoms with Crippen molar-refractivity contribution in [2.75, 3.05) is 36.8 Å². The Morgan fingerprint density at radius 2 is 1.82 bits per heavy atom. The van der Waals surface area contributed by atoms with Crippen LogP contribution in [0.3, 0.4) is 0 Å². The van der Waals surface area contributed by atoms with Crippen molar-refractivity contribution >= 4 is 17.5 Å². The maximum absolute atomic E-state index is 12.0. The van der Waals surface area contributed by atoms with Gasteiger partial charge in [0.25, 0.3) is 0 Å². The molecule has 0 radical (unpaired) electrons. The van der Waals surface area contributed by atoms with Gasteiger partial charge in [-0.25, -0.2) is 4.79 Å². The Morgan fingerprint density at radius 3 is 2.32 bits per heavy atom. The van der Waals surface area contributed by atoms with Crippen LogP contribution in [0.5, 0.6) is 0 Å². The Labute approximate surface area is 133 Å². The summed E-state index contributed by atoms with van der Waals surface area (Å²) in [5, 5.41) is 0. The number of aromatic nitrogens is 1. The quantitative estimate of drug-likeness (QED) is 0.863. The monoisotopic (exact) mass is 308 g/mol. The van der Waals surface area contributed by atoms with Gasteiger partial charge < -0.3 is 20.3 Å². The zero-order valence-corrected chi connectivity index (χ0v) is 14.3. The largest absolute Gasteiger partial charge is 0.444 e. The Bertz CT molecular complexity index is 477. The first-order valence-electron chi connectivity index (χ1n) is 7.79. The molecule has 0 unspecified atom stereocenters. The van der Waals surface area contributed by atoms with Crippen LogP contribution in [0.4, 0.5) is 16.2 Å². The number of nitrogens with two attached hydrogens (primary N) is 1. The van der Waals surface area contributed by atoms with Crippen molar-refractivity contribution in [1.82, 2.24) is 9.88 Å². The van der Waals surface area contributed by atoms with E-state index in [2.05, 4.69) is 9.88 Å². The van der Waals surface area contributed by atoms with Crippen LogP contribution in [0, 0.1) is 0 Å². The number of piperazine rings is 1. The van der Waals surface area contributed by atoms with E-state index in [-0.39, 0.29) is 6.09 Å². The molecule has 0 saturated carbocycles. The predicted molar refractivity (Wildman–Crippen MR) is 90.0 cm³/mol. The number of anilines is 2. The van der Waals surface area contributed by atoms with E-state index < -0.39 is 5.60 Å². The summed E-state index contributed by atoms with van der Waals surface area (Å²) in [6, 6.07) is 1.90. The molecule has 1 fully saturated rings. The van der Waals surface area contributed by atoms with E-state index in [0.29, 0.717) is 18.8 Å². The van der Waals surface area contributed by atoms with E-state index >= 15 is 0 Å². The average molecular weight is 308 g/mol. The fourth-order valence-electron chi connectivity index (χ4n) is 2.14. The number of hydrogen-bond acceptors (Lipinski definition) is 5. The van der Waals surface area contributed by atoms with E-state index in [1.54, 1.807) is 17.3 Å². The van der Waals surface area contributed by atoms with Gasteiger partial charge in [0.2, 0.25) is 0 Å². The minimum atomic E-state index is -0.455. The molecule has 0 aromatic carbocycles. The van der Waals surface area contributed by atoms with E-state index in [9.17, 15) is 4.79 Å². The van der Waals surface area contributed by atoms with Gasteiger partial charge >= 0.3 is 6.09 Å². The Hall–Kier alpha value is -1.98. The van der Waals surface area contributed by atoms with Crippen LogP contribution < -0.4 is 10.6 Å². The maximum Gasteiger partial charge on any atom is 0.410 e. The van der Waals surface area contributed by atoms with Crippen molar-refractivity contribution in [2.45, 2.75) is 40.2 Å². The zero-order chi connectivity index (χ0) is 16.8. The van der Waals surface area contributed by atoms with Gasteiger partial charge in [-0.15, -0.1) is 0 Å². The van der Waals surface area contributed by atoms with Crippen LogP contribution in [0.2, 0.25) is 0 Å². The maximum atomic E-state index is 12.0. The average Bonchev–Trinajstić information content (AvgIpc) is 2.48. The molecule has 2 N–H and O–H groups in total. The third-order valence-electron chi connectivity index (χ3n) is 3.10. The second-order valence-electron chi connectivity index (χ2n) is 5.89. The molecule has 124 valence electrons. The number of amides is 1. The van der Waals surface area contributed by atoms with Crippen LogP contribution in [0.1, 0.15) is 34.6 Å². The number of hydrogen-bond donors (Lipinski definition) is 1. The molecule has 1 aliphatic rings. The number of pyridine rings is 1. The van der Waals surface area contributed by atoms with Crippen molar-refractivity contribution in [1.29, 1.82) is 0 Å². The highest BCUT2D eigenvalue weighted by molar-refractivity contribution is 5.70. The van der Waals surface area contributed by atoms with Gasteiger partial charge in [0.15, 0.2) is 0 Å². The summed E-state index contributed by atoms with van der Waals surface area (Å²) in [6.07, 6.45) is 3.13. The summed E-state index contributed by atoms with van der Waals surface area (Å²) in [5.41, 5.74) is 7.11. The molecular formula is C16H28N4O2. The predicted octanol–water partition coefficient (Wildman–Crippen LogP) is 2.75. The third kappa shape index (κ3) is 5.09. The highest BCUT2D eigenvalue weighted by Crippen LogP contribution is 2.23. The number of carbonyl (C=O) groups excluding carboxylic acids is 1. The van der Waals surface area contributed by atoms with Gasteiger partial charge in [0, 0.05) is 32.4 Å². The van der Waals surface area contributed by atoms with Crippen molar-refractivity contribution in [2.24, 2.45) is 0 Å². The Kier molecular flexibility index (Phi) is 6.46. The molecule has 6 nitrogen and oxygen atoms in total. The van der Waals surface area contributed by atoms with Gasteiger partial charge in [-0.2, -0.15) is 0 Å². The van der Waals surface area contributed by atoms with Crippen LogP contribution in [0.15, 0.2) is 18.5 Å². The molecule has 1 aliphatic heterocycles. The van der Waals surface area contributed by atoms with Gasteiger partial charge in [-0.1, -0.05) is 13.8 Å². The Morgan fingerprint density at radius 1 is 1.23 bits per heavy atom. The molecule has 1 saturated heterocycles. The lowest BCUT2D eigenvalue weighted by Gasteiger charge is -2.37. The van der Waals surface area contributed by atoms with Crippen LogP contribution in [0.25, 0.3) is 0 Å². The van der Waals surface area contributed by atoms with E-state index in [4.69, 9.17) is 10.5 Å². The second kappa shape index (κ2) is 7.87. The van der Waals surface area contributed by atoms with Crippen LogP contribution in [-0.2, 0) is 4.74 Å². The molecule has 0 atom stereocenters. The fraction of sp³-hybridized carbons (Fsp3) is 0.625. The lowest BCUT2D eigenvalue weighted by molar-refractivity contribution is 0.0240.